The van der Waals surface area contributed by atoms with Gasteiger partial charge < -0.3 is 9.47 Å². The Bertz CT molecular complexity index is 487. The fraction of sp³-hybridized carbons (Fsp3) is 0.636. The lowest BCUT2D eigenvalue weighted by Crippen LogP contribution is -2.42. The van der Waals surface area contributed by atoms with Crippen molar-refractivity contribution in [2.45, 2.75) is 18.7 Å². The first kappa shape index (κ1) is 16.6. The molecule has 9 heteroatoms. The molecule has 0 spiro atoms. The van der Waals surface area contributed by atoms with E-state index in [1.807, 2.05) is 0 Å². The monoisotopic (exact) mass is 307 g/mol. The van der Waals surface area contributed by atoms with Gasteiger partial charge in [0.05, 0.1) is 19.3 Å². The molecule has 0 radical (unpaired) electrons. The largest absolute Gasteiger partial charge is 0.469 e. The Hall–Kier alpha value is -1.45. The van der Waals surface area contributed by atoms with Gasteiger partial charge in [0.2, 0.25) is 0 Å². The number of carbonyl (C=O) groups excluding carboxylic acids is 2. The second-order valence-electron chi connectivity index (χ2n) is 4.22. The summed E-state index contributed by atoms with van der Waals surface area (Å²) in [5.74, 6) is -2.21. The van der Waals surface area contributed by atoms with Crippen LogP contribution in [0.1, 0.15) is 6.42 Å². The van der Waals surface area contributed by atoms with Gasteiger partial charge in [-0.05, 0) is 0 Å². The van der Waals surface area contributed by atoms with E-state index in [4.69, 9.17) is 8.92 Å². The highest BCUT2D eigenvalue weighted by atomic mass is 32.2. The van der Waals surface area contributed by atoms with Crippen LogP contribution in [0, 0.1) is 5.92 Å². The normalized spacial score (nSPS) is 26.0. The maximum Gasteiger partial charge on any atom is 0.324 e. The third-order valence-electron chi connectivity index (χ3n) is 2.63. The number of methoxy groups -OCH3 is 1. The zero-order chi connectivity index (χ0) is 15.3. The summed E-state index contributed by atoms with van der Waals surface area (Å²) in [6.45, 7) is 3.39. The predicted molar refractivity (Wildman–Crippen MR) is 67.9 cm³/mol. The molecule has 1 heterocycles. The molecule has 0 aromatic rings. The Morgan fingerprint density at radius 3 is 2.55 bits per heavy atom. The Kier molecular flexibility index (Phi) is 5.66. The van der Waals surface area contributed by atoms with Gasteiger partial charge in [-0.3, -0.25) is 19.1 Å². The number of esters is 2. The van der Waals surface area contributed by atoms with E-state index in [9.17, 15) is 18.0 Å². The van der Waals surface area contributed by atoms with Crippen molar-refractivity contribution in [1.82, 2.24) is 5.32 Å². The molecule has 1 fully saturated rings. The van der Waals surface area contributed by atoms with E-state index in [2.05, 4.69) is 16.6 Å². The van der Waals surface area contributed by atoms with Crippen molar-refractivity contribution in [3.05, 3.63) is 12.7 Å². The van der Waals surface area contributed by atoms with Crippen LogP contribution >= 0.6 is 0 Å². The minimum Gasteiger partial charge on any atom is -0.469 e. The number of hydrogen-bond acceptors (Lipinski definition) is 8. The fourth-order valence-corrected chi connectivity index (χ4v) is 2.43. The lowest BCUT2D eigenvalue weighted by Gasteiger charge is -2.15. The van der Waals surface area contributed by atoms with Crippen molar-refractivity contribution < 1.29 is 31.7 Å². The van der Waals surface area contributed by atoms with Crippen LogP contribution in [-0.4, -0.2) is 52.6 Å². The van der Waals surface area contributed by atoms with Crippen LogP contribution in [-0.2, 0) is 33.4 Å². The summed E-state index contributed by atoms with van der Waals surface area (Å²) in [4.78, 5) is 23.4. The molecule has 0 aliphatic carbocycles. The summed E-state index contributed by atoms with van der Waals surface area (Å²) in [5.41, 5.74) is 0. The molecule has 1 aliphatic heterocycles. The van der Waals surface area contributed by atoms with Gasteiger partial charge >= 0.3 is 11.9 Å². The first-order valence-corrected chi connectivity index (χ1v) is 7.59. The summed E-state index contributed by atoms with van der Waals surface area (Å²) in [6, 6.07) is -1.02. The molecule has 0 bridgehead atoms. The molecule has 0 aromatic heterocycles. The van der Waals surface area contributed by atoms with Gasteiger partial charge in [-0.25, -0.2) is 0 Å². The molecule has 1 rings (SSSR count). The van der Waals surface area contributed by atoms with E-state index in [-0.39, 0.29) is 13.0 Å². The fourth-order valence-electron chi connectivity index (χ4n) is 1.88. The standard InChI is InChI=1S/C11H17NO7S/c1-4-5-18-11(14)9-7(10(13)17-2)6-8(12-9)19-20(3,15)16/h4,7-9,12H,1,5-6H2,2-3H3. The highest BCUT2D eigenvalue weighted by Gasteiger charge is 2.45. The zero-order valence-electron chi connectivity index (χ0n) is 11.2. The molecule has 0 aromatic carbocycles. The maximum atomic E-state index is 11.8. The number of rotatable bonds is 6. The quantitative estimate of drug-likeness (QED) is 0.385. The summed E-state index contributed by atoms with van der Waals surface area (Å²) in [7, 11) is -2.53. The predicted octanol–water partition coefficient (Wildman–Crippen LogP) is -0.831. The highest BCUT2D eigenvalue weighted by molar-refractivity contribution is 7.86. The maximum absolute atomic E-state index is 11.8. The van der Waals surface area contributed by atoms with E-state index >= 15 is 0 Å². The smallest absolute Gasteiger partial charge is 0.324 e. The second kappa shape index (κ2) is 6.82. The number of carbonyl (C=O) groups is 2. The zero-order valence-corrected chi connectivity index (χ0v) is 12.0. The van der Waals surface area contributed by atoms with Crippen molar-refractivity contribution in [2.75, 3.05) is 20.0 Å². The second-order valence-corrected chi connectivity index (χ2v) is 5.82. The van der Waals surface area contributed by atoms with Crippen LogP contribution in [0.5, 0.6) is 0 Å². The molecule has 20 heavy (non-hydrogen) atoms. The first-order valence-electron chi connectivity index (χ1n) is 5.78. The first-order chi connectivity index (χ1) is 9.28. The molecular weight excluding hydrogens is 290 g/mol. The number of ether oxygens (including phenoxy) is 2. The molecule has 1 saturated heterocycles. The third kappa shape index (κ3) is 4.58. The van der Waals surface area contributed by atoms with E-state index in [1.165, 1.54) is 13.2 Å². The van der Waals surface area contributed by atoms with Crippen molar-refractivity contribution in [1.29, 1.82) is 0 Å². The Labute approximate surface area is 117 Å². The Morgan fingerprint density at radius 2 is 2.05 bits per heavy atom. The third-order valence-corrected chi connectivity index (χ3v) is 3.21. The van der Waals surface area contributed by atoms with Crippen molar-refractivity contribution in [3.8, 4) is 0 Å². The van der Waals surface area contributed by atoms with Gasteiger partial charge in [0.15, 0.2) is 0 Å². The molecule has 3 unspecified atom stereocenters. The summed E-state index contributed by atoms with van der Waals surface area (Å²) in [6.07, 6.45) is 1.28. The number of nitrogens with one attached hydrogen (secondary N) is 1. The molecule has 0 saturated carbocycles. The lowest BCUT2D eigenvalue weighted by molar-refractivity contribution is -0.154. The summed E-state index contributed by atoms with van der Waals surface area (Å²) < 4.78 is 36.3. The van der Waals surface area contributed by atoms with Gasteiger partial charge in [-0.1, -0.05) is 12.7 Å². The number of hydrogen-bond donors (Lipinski definition) is 1. The van der Waals surface area contributed by atoms with Crippen molar-refractivity contribution >= 4 is 22.1 Å². The van der Waals surface area contributed by atoms with Gasteiger partial charge in [0.25, 0.3) is 10.1 Å². The molecule has 3 atom stereocenters. The summed E-state index contributed by atoms with van der Waals surface area (Å²) in [5, 5.41) is 2.61. The van der Waals surface area contributed by atoms with Crippen LogP contribution in [0.3, 0.4) is 0 Å². The van der Waals surface area contributed by atoms with Gasteiger partial charge in [-0.15, -0.1) is 0 Å². The molecular formula is C11H17NO7S. The van der Waals surface area contributed by atoms with E-state index < -0.39 is 40.2 Å². The Morgan fingerprint density at radius 1 is 1.40 bits per heavy atom. The van der Waals surface area contributed by atoms with Crippen LogP contribution in [0.15, 0.2) is 12.7 Å². The SMILES string of the molecule is C=CCOC(=O)C1NC(OS(C)(=O)=O)CC1C(=O)OC. The lowest BCUT2D eigenvalue weighted by atomic mass is 10.0. The average Bonchev–Trinajstić information content (AvgIpc) is 2.76. The van der Waals surface area contributed by atoms with Crippen LogP contribution in [0.25, 0.3) is 0 Å². The molecule has 8 nitrogen and oxygen atoms in total. The van der Waals surface area contributed by atoms with Crippen molar-refractivity contribution in [2.24, 2.45) is 5.92 Å². The van der Waals surface area contributed by atoms with Crippen LogP contribution < -0.4 is 5.32 Å². The van der Waals surface area contributed by atoms with Gasteiger partial charge in [0.1, 0.15) is 18.9 Å². The van der Waals surface area contributed by atoms with E-state index in [0.29, 0.717) is 0 Å². The van der Waals surface area contributed by atoms with Gasteiger partial charge in [0, 0.05) is 6.42 Å². The van der Waals surface area contributed by atoms with Crippen molar-refractivity contribution in [3.63, 3.8) is 0 Å². The highest BCUT2D eigenvalue weighted by Crippen LogP contribution is 2.24. The minimum atomic E-state index is -3.71. The summed E-state index contributed by atoms with van der Waals surface area (Å²) >= 11 is 0. The van der Waals surface area contributed by atoms with Gasteiger partial charge in [-0.2, -0.15) is 8.42 Å². The van der Waals surface area contributed by atoms with E-state index in [0.717, 1.165) is 6.26 Å². The van der Waals surface area contributed by atoms with Crippen LogP contribution in [0.2, 0.25) is 0 Å². The average molecular weight is 307 g/mol. The Balaban J connectivity index is 2.80. The topological polar surface area (TPSA) is 108 Å². The van der Waals surface area contributed by atoms with Crippen LogP contribution in [0.4, 0.5) is 0 Å². The molecule has 1 aliphatic rings. The molecule has 1 N–H and O–H groups in total. The minimum absolute atomic E-state index is 0.00635. The molecule has 114 valence electrons. The van der Waals surface area contributed by atoms with E-state index in [1.54, 1.807) is 0 Å². The molecule has 0 amide bonds.